The summed E-state index contributed by atoms with van der Waals surface area (Å²) in [4.78, 5) is 72.5. The van der Waals surface area contributed by atoms with Crippen LogP contribution >= 0.6 is 7.82 Å². The summed E-state index contributed by atoms with van der Waals surface area (Å²) in [6.07, 6.45) is 4.88. The Morgan fingerprint density at radius 3 is 2.49 bits per heavy atom. The Kier molecular flexibility index (Phi) is 15.0. The van der Waals surface area contributed by atoms with Crippen molar-refractivity contribution in [3.8, 4) is 0 Å². The van der Waals surface area contributed by atoms with E-state index in [1.165, 1.54) is 18.2 Å². The number of hydrogen-bond acceptors (Lipinski definition) is 8. The molecular weight excluding hydrogens is 662 g/mol. The van der Waals surface area contributed by atoms with E-state index in [0.717, 1.165) is 16.8 Å². The van der Waals surface area contributed by atoms with Gasteiger partial charge in [0.2, 0.25) is 11.8 Å². The lowest BCUT2D eigenvalue weighted by Crippen LogP contribution is -2.47. The van der Waals surface area contributed by atoms with Gasteiger partial charge in [-0.25, -0.2) is 9.18 Å². The van der Waals surface area contributed by atoms with E-state index in [2.05, 4.69) is 30.8 Å². The molecule has 1 aromatic heterocycles. The smallest absolute Gasteiger partial charge is 0.312 e. The number of anilines is 1. The minimum atomic E-state index is -4.89. The average Bonchev–Trinajstić information content (AvgIpc) is 3.48. The van der Waals surface area contributed by atoms with Crippen molar-refractivity contribution >= 4 is 48.9 Å². The van der Waals surface area contributed by atoms with Gasteiger partial charge in [-0.05, 0) is 87.8 Å². The molecule has 0 spiro atoms. The molecule has 49 heavy (non-hydrogen) atoms. The molecule has 0 fully saturated rings. The maximum absolute atomic E-state index is 13.9. The molecule has 0 radical (unpaired) electrons. The van der Waals surface area contributed by atoms with Gasteiger partial charge in [0.25, 0.3) is 13.7 Å². The average molecular weight is 708 g/mol. The molecule has 2 aromatic rings. The van der Waals surface area contributed by atoms with Crippen molar-refractivity contribution in [2.45, 2.75) is 71.3 Å². The Morgan fingerprint density at radius 1 is 1.12 bits per heavy atom. The second kappa shape index (κ2) is 18.6. The third kappa shape index (κ3) is 12.7. The van der Waals surface area contributed by atoms with Crippen LogP contribution in [0, 0.1) is 25.6 Å². The van der Waals surface area contributed by atoms with E-state index in [-0.39, 0.29) is 43.9 Å². The lowest BCUT2D eigenvalue weighted by molar-refractivity contribution is -0.221. The standard InChI is InChI=1S/C32H46FN6O9P/c1-19-23(20(2)37-28(19)16-25-24-15-22(33)9-11-26(24)39-30(25)42)10-12-29(41)38-27(8-4-6-14-36-32(34)44)31(43)35-13-5-3-7-21(17-40)18-48-49(45,46)47/h9,11,15-16,21,27,37,40H,3-8,10,12-14,17-18H2,1-2H3,(H,35,43)(H,38,41)(H,39,42)(H3,34,36,44)(H2,45,46,47)/p-1/b25-16-/t21?,27-/m1/s1. The number of amides is 5. The number of unbranched alkanes of at least 4 members (excludes halogenated alkanes) is 2. The molecule has 5 amide bonds. The number of urea groups is 1. The van der Waals surface area contributed by atoms with Crippen molar-refractivity contribution in [2.75, 3.05) is 31.6 Å². The van der Waals surface area contributed by atoms with E-state index in [1.807, 2.05) is 13.8 Å². The number of nitrogens with one attached hydrogen (secondary N) is 5. The third-order valence-corrected chi connectivity index (χ3v) is 8.70. The van der Waals surface area contributed by atoms with Crippen LogP contribution in [0.25, 0.3) is 11.6 Å². The first kappa shape index (κ1) is 39.4. The van der Waals surface area contributed by atoms with Gasteiger partial charge in [0.1, 0.15) is 11.9 Å². The summed E-state index contributed by atoms with van der Waals surface area (Å²) in [6, 6.07) is 2.59. The number of hydrogen-bond donors (Lipinski definition) is 8. The van der Waals surface area contributed by atoms with Crippen LogP contribution in [0.15, 0.2) is 18.2 Å². The van der Waals surface area contributed by atoms with Crippen LogP contribution < -0.4 is 31.9 Å². The molecule has 9 N–H and O–H groups in total. The largest absolute Gasteiger partial charge is 0.756 e. The summed E-state index contributed by atoms with van der Waals surface area (Å²) >= 11 is 0. The van der Waals surface area contributed by atoms with Crippen LogP contribution in [0.3, 0.4) is 0 Å². The molecule has 3 atom stereocenters. The van der Waals surface area contributed by atoms with Gasteiger partial charge >= 0.3 is 6.03 Å². The van der Waals surface area contributed by atoms with Gasteiger partial charge in [-0.3, -0.25) is 18.9 Å². The van der Waals surface area contributed by atoms with Crippen LogP contribution in [-0.2, 0) is 29.9 Å². The molecule has 1 aliphatic heterocycles. The Labute approximate surface area is 283 Å². The Morgan fingerprint density at radius 2 is 1.82 bits per heavy atom. The topological polar surface area (TPSA) is 248 Å². The van der Waals surface area contributed by atoms with Crippen molar-refractivity contribution in [3.05, 3.63) is 52.1 Å². The summed E-state index contributed by atoms with van der Waals surface area (Å²) in [7, 11) is -4.89. The molecule has 2 unspecified atom stereocenters. The number of aryl methyl sites for hydroxylation is 1. The number of carbonyl (C=O) groups excluding carboxylic acids is 4. The second-order valence-electron chi connectivity index (χ2n) is 12.0. The fourth-order valence-corrected chi connectivity index (χ4v) is 5.96. The summed E-state index contributed by atoms with van der Waals surface area (Å²) in [5.74, 6) is -2.04. The van der Waals surface area contributed by atoms with Gasteiger partial charge in [-0.2, -0.15) is 0 Å². The zero-order valence-electron chi connectivity index (χ0n) is 27.6. The number of aliphatic hydroxyl groups is 1. The molecule has 17 heteroatoms. The predicted molar refractivity (Wildman–Crippen MR) is 178 cm³/mol. The van der Waals surface area contributed by atoms with E-state index in [9.17, 15) is 38.1 Å². The van der Waals surface area contributed by atoms with Crippen molar-refractivity contribution in [2.24, 2.45) is 11.7 Å². The molecule has 270 valence electrons. The number of primary amides is 1. The highest BCUT2D eigenvalue weighted by molar-refractivity contribution is 7.44. The number of rotatable bonds is 20. The van der Waals surface area contributed by atoms with Gasteiger partial charge < -0.3 is 51.4 Å². The number of nitrogens with two attached hydrogens (primary N) is 1. The number of aromatic amines is 1. The quantitative estimate of drug-likeness (QED) is 0.0568. The maximum Gasteiger partial charge on any atom is 0.312 e. The summed E-state index contributed by atoms with van der Waals surface area (Å²) in [5, 5.41) is 20.2. The Hall–Kier alpha value is -4.08. The minimum absolute atomic E-state index is 0.0752. The lowest BCUT2D eigenvalue weighted by Gasteiger charge is -2.20. The normalized spacial score (nSPS) is 15.6. The van der Waals surface area contributed by atoms with Gasteiger partial charge in [0, 0.05) is 54.7 Å². The molecule has 2 heterocycles. The fourth-order valence-electron chi connectivity index (χ4n) is 5.56. The monoisotopic (exact) mass is 707 g/mol. The van der Waals surface area contributed by atoms with Gasteiger partial charge in [-0.15, -0.1) is 0 Å². The van der Waals surface area contributed by atoms with Crippen LogP contribution in [-0.4, -0.2) is 71.1 Å². The number of halogens is 1. The number of aliphatic hydroxyl groups excluding tert-OH is 1. The first-order valence-electron chi connectivity index (χ1n) is 16.1. The van der Waals surface area contributed by atoms with E-state index in [4.69, 9.17) is 10.6 Å². The Balaban J connectivity index is 1.57. The van der Waals surface area contributed by atoms with E-state index in [1.54, 1.807) is 6.08 Å². The molecule has 0 saturated heterocycles. The van der Waals surface area contributed by atoms with E-state index < -0.39 is 31.6 Å². The number of benzene rings is 1. The van der Waals surface area contributed by atoms with Crippen LogP contribution in [0.4, 0.5) is 14.9 Å². The molecule has 1 aromatic carbocycles. The van der Waals surface area contributed by atoms with Gasteiger partial charge in [0.15, 0.2) is 0 Å². The first-order valence-corrected chi connectivity index (χ1v) is 17.6. The number of phosphoric acid groups is 1. The Bertz CT molecular complexity index is 1570. The molecule has 3 rings (SSSR count). The highest BCUT2D eigenvalue weighted by Crippen LogP contribution is 2.35. The second-order valence-corrected chi connectivity index (χ2v) is 13.2. The fraction of sp³-hybridized carbons (Fsp3) is 0.500. The first-order chi connectivity index (χ1) is 23.2. The highest BCUT2D eigenvalue weighted by Gasteiger charge is 2.26. The zero-order valence-corrected chi connectivity index (χ0v) is 28.5. The number of carbonyl (C=O) groups is 4. The third-order valence-electron chi connectivity index (χ3n) is 8.23. The summed E-state index contributed by atoms with van der Waals surface area (Å²) in [6.45, 7) is 3.61. The number of aromatic nitrogens is 1. The molecule has 0 bridgehead atoms. The summed E-state index contributed by atoms with van der Waals surface area (Å²) < 4.78 is 29.0. The SMILES string of the molecule is Cc1[nH]c(/C=C2\C(=O)Nc3ccc(F)cc32)c(C)c1CCC(=O)N[C@H](CCCCNC(N)=O)C(=O)NCCCCC(CO)COP(=O)([O-])O. The molecule has 15 nitrogen and oxygen atoms in total. The maximum atomic E-state index is 13.9. The van der Waals surface area contributed by atoms with Gasteiger partial charge in [-0.1, -0.05) is 6.42 Å². The molecular formula is C32H45FN6O9P-. The summed E-state index contributed by atoms with van der Waals surface area (Å²) in [5.41, 5.74) is 9.59. The van der Waals surface area contributed by atoms with Crippen LogP contribution in [0.2, 0.25) is 0 Å². The van der Waals surface area contributed by atoms with Crippen molar-refractivity contribution in [1.29, 1.82) is 0 Å². The van der Waals surface area contributed by atoms with Gasteiger partial charge in [0.05, 0.1) is 12.2 Å². The van der Waals surface area contributed by atoms with Crippen molar-refractivity contribution in [3.63, 3.8) is 0 Å². The predicted octanol–water partition coefficient (Wildman–Crippen LogP) is 1.89. The van der Waals surface area contributed by atoms with Crippen LogP contribution in [0.1, 0.15) is 73.0 Å². The molecule has 0 saturated carbocycles. The molecule has 1 aliphatic rings. The van der Waals surface area contributed by atoms with Crippen LogP contribution in [0.5, 0.6) is 0 Å². The number of phosphoric ester groups is 1. The van der Waals surface area contributed by atoms with E-state index >= 15 is 0 Å². The zero-order chi connectivity index (χ0) is 36.1. The molecule has 0 aliphatic carbocycles. The number of fused-ring (bicyclic) bond motifs is 1. The van der Waals surface area contributed by atoms with E-state index in [0.29, 0.717) is 74.0 Å². The number of H-pyrrole nitrogens is 1. The highest BCUT2D eigenvalue weighted by atomic mass is 31.2. The lowest BCUT2D eigenvalue weighted by atomic mass is 10.0. The van der Waals surface area contributed by atoms with Crippen molar-refractivity contribution < 1.29 is 47.6 Å². The van der Waals surface area contributed by atoms with Crippen molar-refractivity contribution in [1.82, 2.24) is 20.9 Å². The minimum Gasteiger partial charge on any atom is -0.756 e.